The molecule has 1 heterocycles. The molecule has 3 aromatic rings. The van der Waals surface area contributed by atoms with Crippen LogP contribution in [0.4, 0.5) is 0 Å². The van der Waals surface area contributed by atoms with Gasteiger partial charge in [-0.3, -0.25) is 0 Å². The standard InChI is InChI=1S/C21H16N6O/c22-10-18(11-23)21(12-24)17-6-8-20(9-7-17)28-15-19-14-27(26-25-19)13-16-4-2-1-3-5-16/h1-9,14,18,21H,13,15H2. The molecule has 0 bridgehead atoms. The maximum atomic E-state index is 9.24. The van der Waals surface area contributed by atoms with Gasteiger partial charge < -0.3 is 4.74 Å². The average molecular weight is 368 g/mol. The Morgan fingerprint density at radius 3 is 2.29 bits per heavy atom. The SMILES string of the molecule is N#CC(C#N)C(C#N)c1ccc(OCc2cn(Cc3ccccc3)nn2)cc1. The summed E-state index contributed by atoms with van der Waals surface area (Å²) in [5, 5.41) is 35.4. The molecule has 1 atom stereocenters. The minimum absolute atomic E-state index is 0.259. The van der Waals surface area contributed by atoms with Crippen LogP contribution in [0.3, 0.4) is 0 Å². The van der Waals surface area contributed by atoms with Crippen LogP contribution in [0, 0.1) is 39.9 Å². The van der Waals surface area contributed by atoms with Gasteiger partial charge in [-0.2, -0.15) is 15.8 Å². The van der Waals surface area contributed by atoms with E-state index in [0.717, 1.165) is 5.56 Å². The van der Waals surface area contributed by atoms with E-state index in [-0.39, 0.29) is 6.61 Å². The predicted molar refractivity (Wildman–Crippen MR) is 99.4 cm³/mol. The highest BCUT2D eigenvalue weighted by Crippen LogP contribution is 2.25. The zero-order valence-electron chi connectivity index (χ0n) is 14.9. The molecule has 2 aromatic carbocycles. The van der Waals surface area contributed by atoms with Crippen molar-refractivity contribution in [3.8, 4) is 24.0 Å². The lowest BCUT2D eigenvalue weighted by Crippen LogP contribution is -2.07. The van der Waals surface area contributed by atoms with Gasteiger partial charge in [-0.25, -0.2) is 4.68 Å². The molecule has 0 radical (unpaired) electrons. The van der Waals surface area contributed by atoms with Gasteiger partial charge in [0.25, 0.3) is 0 Å². The molecule has 1 unspecified atom stereocenters. The number of nitriles is 3. The lowest BCUT2D eigenvalue weighted by molar-refractivity contribution is 0.301. The van der Waals surface area contributed by atoms with Gasteiger partial charge in [-0.15, -0.1) is 5.10 Å². The molecule has 0 N–H and O–H groups in total. The van der Waals surface area contributed by atoms with Crippen molar-refractivity contribution in [2.75, 3.05) is 0 Å². The number of ether oxygens (including phenoxy) is 1. The van der Waals surface area contributed by atoms with Crippen LogP contribution in [0.25, 0.3) is 0 Å². The summed E-state index contributed by atoms with van der Waals surface area (Å²) >= 11 is 0. The molecule has 0 saturated carbocycles. The van der Waals surface area contributed by atoms with Crippen LogP contribution in [-0.4, -0.2) is 15.0 Å². The summed E-state index contributed by atoms with van der Waals surface area (Å²) in [6, 6.07) is 22.5. The van der Waals surface area contributed by atoms with E-state index < -0.39 is 11.8 Å². The number of rotatable bonds is 7. The van der Waals surface area contributed by atoms with Crippen LogP contribution in [0.15, 0.2) is 60.8 Å². The van der Waals surface area contributed by atoms with Crippen molar-refractivity contribution in [1.29, 1.82) is 15.8 Å². The Kier molecular flexibility index (Phi) is 5.98. The topological polar surface area (TPSA) is 111 Å². The van der Waals surface area contributed by atoms with Gasteiger partial charge in [-0.05, 0) is 23.3 Å². The zero-order valence-corrected chi connectivity index (χ0v) is 14.9. The molecule has 7 heteroatoms. The predicted octanol–water partition coefficient (Wildman–Crippen LogP) is 3.18. The van der Waals surface area contributed by atoms with E-state index in [1.54, 1.807) is 28.9 Å². The normalized spacial score (nSPS) is 11.2. The maximum absolute atomic E-state index is 9.24. The van der Waals surface area contributed by atoms with Gasteiger partial charge in [-0.1, -0.05) is 47.7 Å². The van der Waals surface area contributed by atoms with Crippen molar-refractivity contribution < 1.29 is 4.74 Å². The Balaban J connectivity index is 1.59. The van der Waals surface area contributed by atoms with Gasteiger partial charge in [0.15, 0.2) is 5.92 Å². The summed E-state index contributed by atoms with van der Waals surface area (Å²) in [5.74, 6) is -1.19. The van der Waals surface area contributed by atoms with E-state index in [1.807, 2.05) is 54.7 Å². The van der Waals surface area contributed by atoms with Crippen molar-refractivity contribution in [1.82, 2.24) is 15.0 Å². The Morgan fingerprint density at radius 1 is 0.929 bits per heavy atom. The molecule has 0 spiro atoms. The molecular formula is C21H16N6O. The van der Waals surface area contributed by atoms with E-state index >= 15 is 0 Å². The summed E-state index contributed by atoms with van der Waals surface area (Å²) in [5.41, 5.74) is 2.44. The second-order valence-electron chi connectivity index (χ2n) is 6.09. The highest BCUT2D eigenvalue weighted by molar-refractivity contribution is 5.35. The van der Waals surface area contributed by atoms with Crippen LogP contribution in [0.5, 0.6) is 5.75 Å². The lowest BCUT2D eigenvalue weighted by atomic mass is 9.89. The van der Waals surface area contributed by atoms with Crippen molar-refractivity contribution in [3.63, 3.8) is 0 Å². The van der Waals surface area contributed by atoms with E-state index in [0.29, 0.717) is 23.6 Å². The molecule has 0 aliphatic carbocycles. The number of nitrogens with zero attached hydrogens (tertiary/aromatic N) is 6. The first-order valence-corrected chi connectivity index (χ1v) is 8.58. The molecule has 0 amide bonds. The number of hydrogen-bond donors (Lipinski definition) is 0. The fourth-order valence-electron chi connectivity index (χ4n) is 2.70. The minimum atomic E-state index is -1.00. The smallest absolute Gasteiger partial charge is 0.153 e. The Hall–Kier alpha value is -4.15. The summed E-state index contributed by atoms with van der Waals surface area (Å²) in [6.07, 6.45) is 1.83. The fraction of sp³-hybridized carbons (Fsp3) is 0.190. The van der Waals surface area contributed by atoms with Crippen LogP contribution in [0.2, 0.25) is 0 Å². The molecule has 0 fully saturated rings. The molecule has 28 heavy (non-hydrogen) atoms. The summed E-state index contributed by atoms with van der Waals surface area (Å²) in [4.78, 5) is 0. The van der Waals surface area contributed by atoms with Crippen molar-refractivity contribution in [2.24, 2.45) is 5.92 Å². The molecule has 3 rings (SSSR count). The monoisotopic (exact) mass is 368 g/mol. The molecule has 0 aliphatic heterocycles. The lowest BCUT2D eigenvalue weighted by Gasteiger charge is -2.10. The second kappa shape index (κ2) is 8.98. The third kappa shape index (κ3) is 4.52. The van der Waals surface area contributed by atoms with Crippen LogP contribution < -0.4 is 4.74 Å². The molecular weight excluding hydrogens is 352 g/mol. The number of benzene rings is 2. The van der Waals surface area contributed by atoms with Crippen LogP contribution in [0.1, 0.15) is 22.7 Å². The Labute approximate surface area is 162 Å². The third-order valence-electron chi connectivity index (χ3n) is 4.15. The summed E-state index contributed by atoms with van der Waals surface area (Å²) in [7, 11) is 0. The first-order chi connectivity index (χ1) is 13.7. The van der Waals surface area contributed by atoms with Gasteiger partial charge >= 0.3 is 0 Å². The zero-order chi connectivity index (χ0) is 19.8. The van der Waals surface area contributed by atoms with Gasteiger partial charge in [0.1, 0.15) is 24.0 Å². The molecule has 1 aromatic heterocycles. The van der Waals surface area contributed by atoms with E-state index in [1.165, 1.54) is 0 Å². The first kappa shape index (κ1) is 18.6. The summed E-state index contributed by atoms with van der Waals surface area (Å²) in [6.45, 7) is 0.895. The fourth-order valence-corrected chi connectivity index (χ4v) is 2.70. The quantitative estimate of drug-likeness (QED) is 0.633. The average Bonchev–Trinajstić information content (AvgIpc) is 3.19. The Bertz CT molecular complexity index is 1020. The van der Waals surface area contributed by atoms with E-state index in [2.05, 4.69) is 10.3 Å². The maximum Gasteiger partial charge on any atom is 0.153 e. The van der Waals surface area contributed by atoms with E-state index in [4.69, 9.17) is 15.3 Å². The highest BCUT2D eigenvalue weighted by Gasteiger charge is 2.22. The molecule has 7 nitrogen and oxygen atoms in total. The number of hydrogen-bond acceptors (Lipinski definition) is 6. The van der Waals surface area contributed by atoms with Crippen molar-refractivity contribution in [2.45, 2.75) is 19.1 Å². The molecule has 0 aliphatic rings. The second-order valence-corrected chi connectivity index (χ2v) is 6.09. The van der Waals surface area contributed by atoms with Gasteiger partial charge in [0, 0.05) is 0 Å². The molecule has 0 saturated heterocycles. The summed E-state index contributed by atoms with van der Waals surface area (Å²) < 4.78 is 7.46. The highest BCUT2D eigenvalue weighted by atomic mass is 16.5. The first-order valence-electron chi connectivity index (χ1n) is 8.58. The largest absolute Gasteiger partial charge is 0.487 e. The molecule has 136 valence electrons. The minimum Gasteiger partial charge on any atom is -0.487 e. The van der Waals surface area contributed by atoms with E-state index in [9.17, 15) is 5.26 Å². The van der Waals surface area contributed by atoms with Crippen molar-refractivity contribution in [3.05, 3.63) is 77.6 Å². The third-order valence-corrected chi connectivity index (χ3v) is 4.15. The van der Waals surface area contributed by atoms with Crippen molar-refractivity contribution >= 4 is 0 Å². The van der Waals surface area contributed by atoms with Crippen LogP contribution in [-0.2, 0) is 13.2 Å². The van der Waals surface area contributed by atoms with Gasteiger partial charge in [0.05, 0.1) is 30.9 Å². The van der Waals surface area contributed by atoms with Crippen LogP contribution >= 0.6 is 0 Å². The number of aromatic nitrogens is 3. The van der Waals surface area contributed by atoms with Gasteiger partial charge in [0.2, 0.25) is 0 Å². The Morgan fingerprint density at radius 2 is 1.64 bits per heavy atom.